The van der Waals surface area contributed by atoms with Crippen molar-refractivity contribution in [1.29, 1.82) is 0 Å². The van der Waals surface area contributed by atoms with Crippen molar-refractivity contribution in [3.63, 3.8) is 0 Å². The molecule has 1 aliphatic carbocycles. The maximum Gasteiger partial charge on any atom is 0.310 e. The fourth-order valence-corrected chi connectivity index (χ4v) is 2.83. The van der Waals surface area contributed by atoms with Gasteiger partial charge in [-0.05, 0) is 12.8 Å². The lowest BCUT2D eigenvalue weighted by Crippen LogP contribution is -2.35. The van der Waals surface area contributed by atoms with Crippen LogP contribution < -0.4 is 0 Å². The van der Waals surface area contributed by atoms with E-state index in [9.17, 15) is 9.90 Å². The van der Waals surface area contributed by atoms with Crippen molar-refractivity contribution in [3.05, 3.63) is 12.2 Å². The second kappa shape index (κ2) is 5.50. The standard InChI is InChI=1S/C13H21N3O2/c1-16-11(14-10-15-16)9-13(12(17)18)7-5-3-2-4-6-8-13/h10H,2-9H2,1H3,(H,17,18). The summed E-state index contributed by atoms with van der Waals surface area (Å²) in [7, 11) is 1.82. The van der Waals surface area contributed by atoms with Crippen molar-refractivity contribution in [2.45, 2.75) is 51.4 Å². The second-order valence-electron chi connectivity index (χ2n) is 5.33. The van der Waals surface area contributed by atoms with Gasteiger partial charge in [0.15, 0.2) is 0 Å². The average molecular weight is 251 g/mol. The quantitative estimate of drug-likeness (QED) is 0.894. The molecule has 1 fully saturated rings. The largest absolute Gasteiger partial charge is 0.481 e. The molecule has 18 heavy (non-hydrogen) atoms. The number of hydrogen-bond acceptors (Lipinski definition) is 3. The lowest BCUT2D eigenvalue weighted by atomic mass is 9.73. The Bertz CT molecular complexity index is 406. The van der Waals surface area contributed by atoms with Crippen molar-refractivity contribution in [3.8, 4) is 0 Å². The zero-order valence-electron chi connectivity index (χ0n) is 10.9. The highest BCUT2D eigenvalue weighted by Crippen LogP contribution is 2.37. The highest BCUT2D eigenvalue weighted by atomic mass is 16.4. The normalized spacial score (nSPS) is 20.1. The van der Waals surface area contributed by atoms with Gasteiger partial charge in [-0.25, -0.2) is 4.98 Å². The zero-order valence-corrected chi connectivity index (χ0v) is 10.9. The van der Waals surface area contributed by atoms with Crippen molar-refractivity contribution in [1.82, 2.24) is 14.8 Å². The molecular weight excluding hydrogens is 230 g/mol. The molecule has 0 aromatic carbocycles. The van der Waals surface area contributed by atoms with Crippen LogP contribution in [0.5, 0.6) is 0 Å². The first-order chi connectivity index (χ1) is 8.64. The van der Waals surface area contributed by atoms with Crippen LogP contribution in [-0.4, -0.2) is 25.8 Å². The minimum Gasteiger partial charge on any atom is -0.481 e. The Balaban J connectivity index is 2.19. The van der Waals surface area contributed by atoms with E-state index >= 15 is 0 Å². The molecule has 0 amide bonds. The van der Waals surface area contributed by atoms with E-state index in [0.717, 1.165) is 44.3 Å². The summed E-state index contributed by atoms with van der Waals surface area (Å²) in [6.45, 7) is 0. The van der Waals surface area contributed by atoms with Crippen LogP contribution in [-0.2, 0) is 18.3 Å². The Morgan fingerprint density at radius 2 is 1.94 bits per heavy atom. The molecule has 0 unspecified atom stereocenters. The molecular formula is C13H21N3O2. The highest BCUT2D eigenvalue weighted by Gasteiger charge is 2.39. The summed E-state index contributed by atoms with van der Waals surface area (Å²) < 4.78 is 1.68. The number of carboxylic acid groups (broad SMARTS) is 1. The summed E-state index contributed by atoms with van der Waals surface area (Å²) in [5.41, 5.74) is -0.638. The minimum absolute atomic E-state index is 0.499. The van der Waals surface area contributed by atoms with Crippen LogP contribution in [0.1, 0.15) is 50.8 Å². The van der Waals surface area contributed by atoms with Gasteiger partial charge in [-0.2, -0.15) is 5.10 Å². The number of aliphatic carboxylic acids is 1. The SMILES string of the molecule is Cn1ncnc1CC1(C(=O)O)CCCCCCC1. The van der Waals surface area contributed by atoms with Gasteiger partial charge in [0.05, 0.1) is 5.41 Å². The molecule has 0 spiro atoms. The van der Waals surface area contributed by atoms with E-state index in [2.05, 4.69) is 10.1 Å². The molecule has 0 aliphatic heterocycles. The van der Waals surface area contributed by atoms with Crippen LogP contribution in [0.4, 0.5) is 0 Å². The lowest BCUT2D eigenvalue weighted by molar-refractivity contribution is -0.150. The maximum atomic E-state index is 11.7. The molecule has 1 aromatic rings. The van der Waals surface area contributed by atoms with Gasteiger partial charge in [-0.3, -0.25) is 9.48 Å². The Morgan fingerprint density at radius 1 is 1.33 bits per heavy atom. The molecule has 1 aromatic heterocycles. The molecule has 0 saturated heterocycles. The second-order valence-corrected chi connectivity index (χ2v) is 5.33. The van der Waals surface area contributed by atoms with Gasteiger partial charge in [0.25, 0.3) is 0 Å². The van der Waals surface area contributed by atoms with Gasteiger partial charge < -0.3 is 5.11 Å². The minimum atomic E-state index is -0.674. The molecule has 2 rings (SSSR count). The van der Waals surface area contributed by atoms with Gasteiger partial charge in [0, 0.05) is 13.5 Å². The third-order valence-electron chi connectivity index (χ3n) is 4.07. The number of aryl methyl sites for hydroxylation is 1. The van der Waals surface area contributed by atoms with Crippen LogP contribution in [0.15, 0.2) is 6.33 Å². The van der Waals surface area contributed by atoms with Crippen LogP contribution in [0.3, 0.4) is 0 Å². The van der Waals surface area contributed by atoms with Crippen LogP contribution >= 0.6 is 0 Å². The van der Waals surface area contributed by atoms with Gasteiger partial charge in [0.2, 0.25) is 0 Å². The number of nitrogens with zero attached hydrogens (tertiary/aromatic N) is 3. The predicted octanol–water partition coefficient (Wildman–Crippen LogP) is 2.17. The Labute approximate surface area is 107 Å². The fraction of sp³-hybridized carbons (Fsp3) is 0.769. The van der Waals surface area contributed by atoms with E-state index in [0.29, 0.717) is 6.42 Å². The number of carbonyl (C=O) groups is 1. The summed E-state index contributed by atoms with van der Waals surface area (Å²) in [4.78, 5) is 15.9. The van der Waals surface area contributed by atoms with Gasteiger partial charge in [0.1, 0.15) is 12.2 Å². The first-order valence-corrected chi connectivity index (χ1v) is 6.70. The van der Waals surface area contributed by atoms with E-state index in [-0.39, 0.29) is 0 Å². The molecule has 5 nitrogen and oxygen atoms in total. The molecule has 5 heteroatoms. The van der Waals surface area contributed by atoms with E-state index in [1.165, 1.54) is 12.7 Å². The molecule has 0 bridgehead atoms. The first-order valence-electron chi connectivity index (χ1n) is 6.70. The van der Waals surface area contributed by atoms with Crippen molar-refractivity contribution in [2.75, 3.05) is 0 Å². The van der Waals surface area contributed by atoms with Crippen LogP contribution in [0.2, 0.25) is 0 Å². The zero-order chi connectivity index (χ0) is 13.0. The first kappa shape index (κ1) is 13.1. The maximum absolute atomic E-state index is 11.7. The molecule has 100 valence electrons. The molecule has 1 N–H and O–H groups in total. The topological polar surface area (TPSA) is 68.0 Å². The van der Waals surface area contributed by atoms with E-state index in [4.69, 9.17) is 0 Å². The fourth-order valence-electron chi connectivity index (χ4n) is 2.83. The number of carboxylic acids is 1. The van der Waals surface area contributed by atoms with E-state index in [1.807, 2.05) is 7.05 Å². The van der Waals surface area contributed by atoms with Crippen molar-refractivity contribution >= 4 is 5.97 Å². The molecule has 0 radical (unpaired) electrons. The summed E-state index contributed by atoms with van der Waals surface area (Å²) in [6, 6.07) is 0. The molecule has 1 saturated carbocycles. The summed E-state index contributed by atoms with van der Waals surface area (Å²) >= 11 is 0. The molecule has 0 atom stereocenters. The Morgan fingerprint density at radius 3 is 2.44 bits per heavy atom. The van der Waals surface area contributed by atoms with E-state index in [1.54, 1.807) is 4.68 Å². The lowest BCUT2D eigenvalue weighted by Gasteiger charge is -2.30. The van der Waals surface area contributed by atoms with Crippen LogP contribution in [0.25, 0.3) is 0 Å². The number of hydrogen-bond donors (Lipinski definition) is 1. The van der Waals surface area contributed by atoms with Crippen LogP contribution in [0, 0.1) is 5.41 Å². The number of aromatic nitrogens is 3. The summed E-state index contributed by atoms with van der Waals surface area (Å²) in [5, 5.41) is 13.7. The van der Waals surface area contributed by atoms with Gasteiger partial charge in [-0.1, -0.05) is 32.1 Å². The highest BCUT2D eigenvalue weighted by molar-refractivity contribution is 5.74. The third kappa shape index (κ3) is 2.71. The van der Waals surface area contributed by atoms with Crippen molar-refractivity contribution in [2.24, 2.45) is 12.5 Å². The predicted molar refractivity (Wildman–Crippen MR) is 67.1 cm³/mol. The third-order valence-corrected chi connectivity index (χ3v) is 4.07. The van der Waals surface area contributed by atoms with Gasteiger partial charge >= 0.3 is 5.97 Å². The summed E-state index contributed by atoms with van der Waals surface area (Å²) in [6.07, 6.45) is 9.05. The number of rotatable bonds is 3. The van der Waals surface area contributed by atoms with Crippen molar-refractivity contribution < 1.29 is 9.90 Å². The molecule has 1 heterocycles. The monoisotopic (exact) mass is 251 g/mol. The van der Waals surface area contributed by atoms with Gasteiger partial charge in [-0.15, -0.1) is 0 Å². The molecule has 1 aliphatic rings. The smallest absolute Gasteiger partial charge is 0.310 e. The van der Waals surface area contributed by atoms with E-state index < -0.39 is 11.4 Å². The summed E-state index contributed by atoms with van der Waals surface area (Å²) in [5.74, 6) is 0.102. The Kier molecular flexibility index (Phi) is 3.99. The Hall–Kier alpha value is -1.39. The average Bonchev–Trinajstić information content (AvgIpc) is 2.68.